The zero-order chi connectivity index (χ0) is 27.8. The van der Waals surface area contributed by atoms with Gasteiger partial charge in [-0.15, -0.1) is 5.10 Å². The normalized spacial score (nSPS) is 14.4. The van der Waals surface area contributed by atoms with Crippen LogP contribution in [0.2, 0.25) is 0 Å². The highest BCUT2D eigenvalue weighted by Crippen LogP contribution is 2.40. The van der Waals surface area contributed by atoms with Gasteiger partial charge in [-0.2, -0.15) is 4.98 Å². The zero-order valence-corrected chi connectivity index (χ0v) is 24.1. The Hall–Kier alpha value is -3.66. The maximum absolute atomic E-state index is 13.9. The van der Waals surface area contributed by atoms with E-state index in [9.17, 15) is 4.79 Å². The Kier molecular flexibility index (Phi) is 9.75. The van der Waals surface area contributed by atoms with E-state index in [-0.39, 0.29) is 5.91 Å². The first-order chi connectivity index (χ1) is 19.0. The minimum Gasteiger partial charge on any atom is -0.492 e. The molecule has 2 aromatic carbocycles. The topological polar surface area (TPSA) is 99.5 Å². The number of thioether (sulfide) groups is 1. The van der Waals surface area contributed by atoms with Crippen LogP contribution < -0.4 is 24.8 Å². The van der Waals surface area contributed by atoms with Gasteiger partial charge < -0.3 is 24.8 Å². The second-order valence-corrected chi connectivity index (χ2v) is 9.95. The highest BCUT2D eigenvalue weighted by molar-refractivity contribution is 7.99. The average molecular weight is 552 g/mol. The third-order valence-corrected chi connectivity index (χ3v) is 7.05. The fourth-order valence-corrected chi connectivity index (χ4v) is 5.29. The summed E-state index contributed by atoms with van der Waals surface area (Å²) in [5.41, 5.74) is 2.66. The first kappa shape index (κ1) is 28.4. The number of nitrogens with one attached hydrogen (secondary N) is 2. The lowest BCUT2D eigenvalue weighted by molar-refractivity contribution is -0.113. The summed E-state index contributed by atoms with van der Waals surface area (Å²) < 4.78 is 19.2. The molecule has 2 N–H and O–H groups in total. The molecule has 1 atom stereocenters. The molecule has 10 heteroatoms. The average Bonchev–Trinajstić information content (AvgIpc) is 3.32. The summed E-state index contributed by atoms with van der Waals surface area (Å²) in [5, 5.41) is 11.9. The zero-order valence-electron chi connectivity index (χ0n) is 23.2. The number of anilines is 2. The van der Waals surface area contributed by atoms with Crippen molar-refractivity contribution in [2.75, 3.05) is 36.2 Å². The number of benzene rings is 2. The summed E-state index contributed by atoms with van der Waals surface area (Å²) in [7, 11) is 0. The third kappa shape index (κ3) is 6.50. The highest BCUT2D eigenvalue weighted by atomic mass is 32.2. The fourth-order valence-electron chi connectivity index (χ4n) is 4.38. The van der Waals surface area contributed by atoms with Crippen LogP contribution in [-0.2, 0) is 4.79 Å². The third-order valence-electron chi connectivity index (χ3n) is 6.13. The van der Waals surface area contributed by atoms with Crippen molar-refractivity contribution in [3.8, 4) is 17.2 Å². The first-order valence-corrected chi connectivity index (χ1v) is 14.5. The standard InChI is InChI=1S/C29H37N5O4S/c1-6-10-17-39-29-32-28-30-19(5)25(27(35)31-21-13-11-12-14-22(21)36-7-2)26(34(28)33-29)20-15-16-23(37-8-3)24(18-20)38-9-4/h11-16,18,26H,6-10,17H2,1-5H3,(H,31,35)(H,30,32,33). The van der Waals surface area contributed by atoms with Gasteiger partial charge in [-0.1, -0.05) is 43.3 Å². The quantitative estimate of drug-likeness (QED) is 0.189. The van der Waals surface area contributed by atoms with Crippen molar-refractivity contribution < 1.29 is 19.0 Å². The number of aromatic nitrogens is 3. The van der Waals surface area contributed by atoms with E-state index in [0.717, 1.165) is 24.2 Å². The Morgan fingerprint density at radius 2 is 1.72 bits per heavy atom. The van der Waals surface area contributed by atoms with Gasteiger partial charge in [0, 0.05) is 11.4 Å². The number of ether oxygens (including phenoxy) is 3. The number of carbonyl (C=O) groups excluding carboxylic acids is 1. The van der Waals surface area contributed by atoms with E-state index in [4.69, 9.17) is 24.3 Å². The summed E-state index contributed by atoms with van der Waals surface area (Å²) in [4.78, 5) is 18.7. The molecule has 39 heavy (non-hydrogen) atoms. The maximum atomic E-state index is 13.9. The monoisotopic (exact) mass is 551 g/mol. The Balaban J connectivity index is 1.78. The molecule has 1 aliphatic heterocycles. The molecule has 9 nitrogen and oxygen atoms in total. The van der Waals surface area contributed by atoms with Crippen molar-refractivity contribution in [2.45, 2.75) is 58.7 Å². The maximum Gasteiger partial charge on any atom is 0.255 e. The molecular formula is C29H37N5O4S. The van der Waals surface area contributed by atoms with Crippen LogP contribution >= 0.6 is 11.8 Å². The summed E-state index contributed by atoms with van der Waals surface area (Å²) in [6, 6.07) is 12.6. The first-order valence-electron chi connectivity index (χ1n) is 13.5. The van der Waals surface area contributed by atoms with Gasteiger partial charge in [0.05, 0.1) is 31.1 Å². The van der Waals surface area contributed by atoms with E-state index in [2.05, 4.69) is 17.6 Å². The van der Waals surface area contributed by atoms with Gasteiger partial charge in [-0.3, -0.25) is 4.79 Å². The van der Waals surface area contributed by atoms with E-state index in [1.54, 1.807) is 16.4 Å². The van der Waals surface area contributed by atoms with Crippen LogP contribution in [0.25, 0.3) is 0 Å². The molecule has 2 heterocycles. The molecule has 0 saturated heterocycles. The van der Waals surface area contributed by atoms with Crippen molar-refractivity contribution in [1.29, 1.82) is 0 Å². The molecule has 1 amide bonds. The van der Waals surface area contributed by atoms with Crippen LogP contribution in [-0.4, -0.2) is 46.2 Å². The van der Waals surface area contributed by atoms with Crippen molar-refractivity contribution in [2.24, 2.45) is 0 Å². The van der Waals surface area contributed by atoms with Gasteiger partial charge in [-0.25, -0.2) is 4.68 Å². The molecule has 0 radical (unpaired) electrons. The van der Waals surface area contributed by atoms with E-state index in [1.807, 2.05) is 70.2 Å². The highest BCUT2D eigenvalue weighted by Gasteiger charge is 2.35. The van der Waals surface area contributed by atoms with E-state index >= 15 is 0 Å². The lowest BCUT2D eigenvalue weighted by atomic mass is 9.94. The number of para-hydroxylation sites is 2. The van der Waals surface area contributed by atoms with Crippen molar-refractivity contribution in [3.63, 3.8) is 0 Å². The van der Waals surface area contributed by atoms with Gasteiger partial charge >= 0.3 is 0 Å². The molecule has 208 valence electrons. The molecule has 0 spiro atoms. The number of carbonyl (C=O) groups is 1. The lowest BCUT2D eigenvalue weighted by Gasteiger charge is -2.29. The van der Waals surface area contributed by atoms with E-state index in [0.29, 0.717) is 65.1 Å². The molecular weight excluding hydrogens is 514 g/mol. The van der Waals surface area contributed by atoms with Gasteiger partial charge in [0.15, 0.2) is 11.5 Å². The summed E-state index contributed by atoms with van der Waals surface area (Å²) in [6.07, 6.45) is 2.17. The van der Waals surface area contributed by atoms with E-state index in [1.165, 1.54) is 0 Å². The summed E-state index contributed by atoms with van der Waals surface area (Å²) >= 11 is 1.61. The number of hydrogen-bond acceptors (Lipinski definition) is 8. The number of unbranched alkanes of at least 4 members (excludes halogenated alkanes) is 1. The Morgan fingerprint density at radius 1 is 1.00 bits per heavy atom. The Labute approximate surface area is 234 Å². The number of rotatable bonds is 13. The molecule has 0 fully saturated rings. The largest absolute Gasteiger partial charge is 0.492 e. The number of hydrogen-bond donors (Lipinski definition) is 2. The Bertz CT molecular complexity index is 1320. The minimum absolute atomic E-state index is 0.259. The van der Waals surface area contributed by atoms with Crippen LogP contribution in [0.5, 0.6) is 17.2 Å². The summed E-state index contributed by atoms with van der Waals surface area (Å²) in [6.45, 7) is 11.3. The summed E-state index contributed by atoms with van der Waals surface area (Å²) in [5.74, 6) is 3.15. The number of fused-ring (bicyclic) bond motifs is 1. The molecule has 0 saturated carbocycles. The van der Waals surface area contributed by atoms with Crippen LogP contribution in [0.4, 0.5) is 11.6 Å². The van der Waals surface area contributed by atoms with Gasteiger partial charge in [0.25, 0.3) is 5.91 Å². The molecule has 0 aliphatic carbocycles. The predicted octanol–water partition coefficient (Wildman–Crippen LogP) is 6.29. The lowest BCUT2D eigenvalue weighted by Crippen LogP contribution is -2.31. The van der Waals surface area contributed by atoms with Crippen molar-refractivity contribution >= 4 is 29.3 Å². The Morgan fingerprint density at radius 3 is 2.46 bits per heavy atom. The van der Waals surface area contributed by atoms with Gasteiger partial charge in [-0.05, 0) is 63.9 Å². The molecule has 4 rings (SSSR count). The minimum atomic E-state index is -0.539. The smallest absolute Gasteiger partial charge is 0.255 e. The van der Waals surface area contributed by atoms with Crippen molar-refractivity contribution in [1.82, 2.24) is 14.8 Å². The molecule has 3 aromatic rings. The van der Waals surface area contributed by atoms with Gasteiger partial charge in [0.1, 0.15) is 11.8 Å². The second-order valence-electron chi connectivity index (χ2n) is 8.89. The fraction of sp³-hybridized carbons (Fsp3) is 0.414. The number of allylic oxidation sites excluding steroid dienone is 1. The van der Waals surface area contributed by atoms with Crippen molar-refractivity contribution in [3.05, 3.63) is 59.3 Å². The molecule has 0 bridgehead atoms. The number of nitrogens with zero attached hydrogens (tertiary/aromatic N) is 3. The number of amides is 1. The van der Waals surface area contributed by atoms with Crippen LogP contribution in [0, 0.1) is 0 Å². The second kappa shape index (κ2) is 13.4. The van der Waals surface area contributed by atoms with Gasteiger partial charge in [0.2, 0.25) is 11.1 Å². The van der Waals surface area contributed by atoms with Crippen LogP contribution in [0.1, 0.15) is 59.1 Å². The van der Waals surface area contributed by atoms with Crippen LogP contribution in [0.15, 0.2) is 58.9 Å². The van der Waals surface area contributed by atoms with E-state index < -0.39 is 6.04 Å². The SMILES string of the molecule is CCCCSc1nc2n(n1)C(c1ccc(OCC)c(OCC)c1)C(C(=O)Nc1ccccc1OCC)=C(C)N2. The molecule has 1 aliphatic rings. The molecule has 1 unspecified atom stereocenters. The predicted molar refractivity (Wildman–Crippen MR) is 155 cm³/mol. The molecule has 1 aromatic heterocycles. The van der Waals surface area contributed by atoms with Crippen LogP contribution in [0.3, 0.4) is 0 Å².